The van der Waals surface area contributed by atoms with Crippen molar-refractivity contribution < 1.29 is 14.7 Å². The average molecular weight is 321 g/mol. The molecule has 0 aliphatic rings. The minimum Gasteiger partial charge on any atom is -0.545 e. The number of carbonyl (C=O) groups is 2. The summed E-state index contributed by atoms with van der Waals surface area (Å²) in [5.41, 5.74) is 0.196. The van der Waals surface area contributed by atoms with Crippen LogP contribution in [0.25, 0.3) is 0 Å². The highest BCUT2D eigenvalue weighted by Crippen LogP contribution is 2.21. The van der Waals surface area contributed by atoms with Gasteiger partial charge in [0.25, 0.3) is 0 Å². The minimum atomic E-state index is -1.32. The number of aromatic carboxylic acids is 1. The van der Waals surface area contributed by atoms with Crippen molar-refractivity contribution in [3.05, 3.63) is 59.1 Å². The van der Waals surface area contributed by atoms with E-state index in [0.717, 1.165) is 4.90 Å². The number of carboxylic acid groups (broad SMARTS) is 1. The molecule has 0 saturated heterocycles. The van der Waals surface area contributed by atoms with Crippen LogP contribution in [0, 0.1) is 0 Å². The molecule has 0 fully saturated rings. The Morgan fingerprint density at radius 1 is 1.10 bits per heavy atom. The summed E-state index contributed by atoms with van der Waals surface area (Å²) in [6.45, 7) is 0. The molecule has 4 nitrogen and oxygen atoms in total. The first-order valence-electron chi connectivity index (χ1n) is 6.05. The molecule has 0 heterocycles. The summed E-state index contributed by atoms with van der Waals surface area (Å²) < 4.78 is 0. The molecule has 21 heavy (non-hydrogen) atoms. The van der Waals surface area contributed by atoms with E-state index in [1.54, 1.807) is 24.3 Å². The summed E-state index contributed by atoms with van der Waals surface area (Å²) in [6.07, 6.45) is 0. The van der Waals surface area contributed by atoms with Crippen LogP contribution in [-0.2, 0) is 4.79 Å². The zero-order valence-electron chi connectivity index (χ0n) is 10.8. The predicted octanol–water partition coefficient (Wildman–Crippen LogP) is 2.43. The molecule has 1 N–H and O–H groups in total. The lowest BCUT2D eigenvalue weighted by Crippen LogP contribution is -2.25. The van der Waals surface area contributed by atoms with Gasteiger partial charge in [0.15, 0.2) is 0 Å². The van der Waals surface area contributed by atoms with Gasteiger partial charge in [-0.15, -0.1) is 11.8 Å². The second kappa shape index (κ2) is 7.15. The van der Waals surface area contributed by atoms with E-state index in [0.29, 0.717) is 5.02 Å². The first-order valence-corrected chi connectivity index (χ1v) is 7.41. The standard InChI is InChI=1S/C15H12ClNO3S/c16-10-5-7-11(8-6-10)21-9-14(18)17-13-4-2-1-3-12(13)15(19)20/h1-8H,9H2,(H,17,18)(H,19,20)/p-1. The van der Waals surface area contributed by atoms with Crippen LogP contribution in [0.2, 0.25) is 5.02 Å². The van der Waals surface area contributed by atoms with Crippen LogP contribution in [-0.4, -0.2) is 17.6 Å². The van der Waals surface area contributed by atoms with Crippen LogP contribution in [0.15, 0.2) is 53.4 Å². The van der Waals surface area contributed by atoms with E-state index in [1.165, 1.54) is 23.9 Å². The fourth-order valence-corrected chi connectivity index (χ4v) is 2.46. The van der Waals surface area contributed by atoms with Crippen LogP contribution in [0.5, 0.6) is 0 Å². The third-order valence-corrected chi connectivity index (χ3v) is 3.87. The van der Waals surface area contributed by atoms with Crippen molar-refractivity contribution in [1.82, 2.24) is 0 Å². The molecular formula is C15H11ClNO3S-. The van der Waals surface area contributed by atoms with Gasteiger partial charge in [0.1, 0.15) is 0 Å². The average Bonchev–Trinajstić information content (AvgIpc) is 2.47. The zero-order chi connectivity index (χ0) is 15.2. The van der Waals surface area contributed by atoms with Crippen LogP contribution in [0.3, 0.4) is 0 Å². The summed E-state index contributed by atoms with van der Waals surface area (Å²) >= 11 is 7.12. The fraction of sp³-hybridized carbons (Fsp3) is 0.0667. The third kappa shape index (κ3) is 4.51. The molecule has 2 aromatic rings. The Labute approximate surface area is 131 Å². The van der Waals surface area contributed by atoms with E-state index in [9.17, 15) is 14.7 Å². The van der Waals surface area contributed by atoms with E-state index in [1.807, 2.05) is 12.1 Å². The predicted molar refractivity (Wildman–Crippen MR) is 81.6 cm³/mol. The van der Waals surface area contributed by atoms with Gasteiger partial charge >= 0.3 is 0 Å². The molecule has 6 heteroatoms. The molecule has 0 radical (unpaired) electrons. The molecule has 0 aromatic heterocycles. The smallest absolute Gasteiger partial charge is 0.234 e. The SMILES string of the molecule is O=C(CSc1ccc(Cl)cc1)Nc1ccccc1C(=O)[O-]. The molecule has 0 saturated carbocycles. The summed E-state index contributed by atoms with van der Waals surface area (Å²) in [6, 6.07) is 13.2. The molecule has 0 aliphatic heterocycles. The number of anilines is 1. The molecular weight excluding hydrogens is 310 g/mol. The number of halogens is 1. The lowest BCUT2D eigenvalue weighted by atomic mass is 10.2. The number of carboxylic acids is 1. The number of para-hydroxylation sites is 1. The molecule has 1 amide bonds. The van der Waals surface area contributed by atoms with Gasteiger partial charge in [-0.2, -0.15) is 0 Å². The van der Waals surface area contributed by atoms with Crippen molar-refractivity contribution in [2.75, 3.05) is 11.1 Å². The highest BCUT2D eigenvalue weighted by atomic mass is 35.5. The Balaban J connectivity index is 1.96. The van der Waals surface area contributed by atoms with Crippen molar-refractivity contribution in [2.24, 2.45) is 0 Å². The van der Waals surface area contributed by atoms with Gasteiger partial charge in [-0.05, 0) is 30.3 Å². The van der Waals surface area contributed by atoms with Crippen molar-refractivity contribution in [2.45, 2.75) is 4.90 Å². The summed E-state index contributed by atoms with van der Waals surface area (Å²) in [4.78, 5) is 23.7. The topological polar surface area (TPSA) is 69.2 Å². The molecule has 2 rings (SSSR count). The number of hydrogen-bond acceptors (Lipinski definition) is 4. The van der Waals surface area contributed by atoms with Crippen molar-refractivity contribution in [1.29, 1.82) is 0 Å². The Hall–Kier alpha value is -1.98. The van der Waals surface area contributed by atoms with E-state index in [-0.39, 0.29) is 22.9 Å². The Morgan fingerprint density at radius 2 is 1.76 bits per heavy atom. The molecule has 0 spiro atoms. The number of benzene rings is 2. The molecule has 0 unspecified atom stereocenters. The summed E-state index contributed by atoms with van der Waals surface area (Å²) in [5, 5.41) is 14.1. The number of thioether (sulfide) groups is 1. The zero-order valence-corrected chi connectivity index (χ0v) is 12.4. The van der Waals surface area contributed by atoms with Crippen molar-refractivity contribution in [3.63, 3.8) is 0 Å². The first-order chi connectivity index (χ1) is 10.1. The van der Waals surface area contributed by atoms with Crippen molar-refractivity contribution in [3.8, 4) is 0 Å². The molecule has 0 atom stereocenters. The Kier molecular flexibility index (Phi) is 5.25. The van der Waals surface area contributed by atoms with Gasteiger partial charge in [-0.3, -0.25) is 4.79 Å². The number of nitrogens with one attached hydrogen (secondary N) is 1. The van der Waals surface area contributed by atoms with Gasteiger partial charge in [0.05, 0.1) is 11.7 Å². The fourth-order valence-electron chi connectivity index (χ4n) is 1.64. The molecule has 0 bridgehead atoms. The van der Waals surface area contributed by atoms with Gasteiger partial charge in [0.2, 0.25) is 5.91 Å². The van der Waals surface area contributed by atoms with E-state index >= 15 is 0 Å². The summed E-state index contributed by atoms with van der Waals surface area (Å²) in [5.74, 6) is -1.44. The van der Waals surface area contributed by atoms with E-state index < -0.39 is 5.97 Å². The Morgan fingerprint density at radius 3 is 2.43 bits per heavy atom. The summed E-state index contributed by atoms with van der Waals surface area (Å²) in [7, 11) is 0. The normalized spacial score (nSPS) is 10.1. The first kappa shape index (κ1) is 15.4. The second-order valence-electron chi connectivity index (χ2n) is 4.12. The van der Waals surface area contributed by atoms with Gasteiger partial charge in [-0.25, -0.2) is 0 Å². The second-order valence-corrected chi connectivity index (χ2v) is 5.61. The molecule has 0 aliphatic carbocycles. The quantitative estimate of drug-likeness (QED) is 0.859. The highest BCUT2D eigenvalue weighted by Gasteiger charge is 2.07. The van der Waals surface area contributed by atoms with Crippen molar-refractivity contribution >= 4 is 40.9 Å². The maximum absolute atomic E-state index is 11.9. The highest BCUT2D eigenvalue weighted by molar-refractivity contribution is 8.00. The number of hydrogen-bond donors (Lipinski definition) is 1. The van der Waals surface area contributed by atoms with E-state index in [4.69, 9.17) is 11.6 Å². The minimum absolute atomic E-state index is 0.0395. The van der Waals surface area contributed by atoms with Crippen LogP contribution in [0.1, 0.15) is 10.4 Å². The third-order valence-electron chi connectivity index (χ3n) is 2.60. The lowest BCUT2D eigenvalue weighted by molar-refractivity contribution is -0.254. The largest absolute Gasteiger partial charge is 0.545 e. The van der Waals surface area contributed by atoms with Gasteiger partial charge < -0.3 is 15.2 Å². The molecule has 108 valence electrons. The maximum atomic E-state index is 11.9. The monoisotopic (exact) mass is 320 g/mol. The van der Waals surface area contributed by atoms with Gasteiger partial charge in [0, 0.05) is 21.2 Å². The van der Waals surface area contributed by atoms with E-state index in [2.05, 4.69) is 5.32 Å². The Bertz CT molecular complexity index is 658. The number of amides is 1. The lowest BCUT2D eigenvalue weighted by Gasteiger charge is -2.11. The van der Waals surface area contributed by atoms with Crippen LogP contribution < -0.4 is 10.4 Å². The van der Waals surface area contributed by atoms with Crippen LogP contribution >= 0.6 is 23.4 Å². The maximum Gasteiger partial charge on any atom is 0.234 e. The van der Waals surface area contributed by atoms with Crippen LogP contribution in [0.4, 0.5) is 5.69 Å². The number of rotatable bonds is 5. The number of carbonyl (C=O) groups excluding carboxylic acids is 2. The van der Waals surface area contributed by atoms with Gasteiger partial charge in [-0.1, -0.05) is 29.8 Å². The molecule has 2 aromatic carbocycles.